The van der Waals surface area contributed by atoms with Crippen LogP contribution in [0.4, 0.5) is 4.39 Å². The number of aliphatic imine (C=N–C) groups is 1. The first-order valence-electron chi connectivity index (χ1n) is 11.8. The number of carbonyl (C=O) groups excluding carboxylic acids is 1. The minimum atomic E-state index is -0.720. The van der Waals surface area contributed by atoms with Crippen molar-refractivity contribution in [3.8, 4) is 11.4 Å². The Balaban J connectivity index is 1.88. The normalized spacial score (nSPS) is 15.1. The summed E-state index contributed by atoms with van der Waals surface area (Å²) in [6.07, 6.45) is 3.11. The van der Waals surface area contributed by atoms with E-state index in [0.717, 1.165) is 5.69 Å². The van der Waals surface area contributed by atoms with Gasteiger partial charge < -0.3 is 14.7 Å². The number of methoxy groups -OCH3 is 1. The van der Waals surface area contributed by atoms with E-state index in [1.165, 1.54) is 6.07 Å². The number of rotatable bonds is 7. The average molecular weight is 508 g/mol. The number of nitrogens with one attached hydrogen (secondary N) is 1. The number of benzene rings is 2. The van der Waals surface area contributed by atoms with Gasteiger partial charge in [-0.1, -0.05) is 24.3 Å². The van der Waals surface area contributed by atoms with E-state index >= 15 is 4.39 Å². The highest BCUT2D eigenvalue weighted by Crippen LogP contribution is 2.35. The molecule has 0 amide bonds. The molecule has 2 N–H and O–H groups in total. The van der Waals surface area contributed by atoms with Gasteiger partial charge in [-0.15, -0.1) is 10.2 Å². The van der Waals surface area contributed by atoms with Gasteiger partial charge in [0.05, 0.1) is 24.9 Å². The zero-order valence-electron chi connectivity index (χ0n) is 21.4. The van der Waals surface area contributed by atoms with Crippen molar-refractivity contribution < 1.29 is 23.9 Å². The van der Waals surface area contributed by atoms with Gasteiger partial charge in [-0.25, -0.2) is 9.87 Å². The Hall–Kier alpha value is -3.89. The summed E-state index contributed by atoms with van der Waals surface area (Å²) in [7, 11) is 1.57. The summed E-state index contributed by atoms with van der Waals surface area (Å²) in [6, 6.07) is 9.60. The topological polar surface area (TPSA) is 111 Å². The summed E-state index contributed by atoms with van der Waals surface area (Å²) in [6.45, 7) is 7.42. The minimum Gasteiger partial charge on any atom is -0.497 e. The molecule has 3 aromatic rings. The molecule has 0 spiro atoms. The molecule has 0 fully saturated rings. The minimum absolute atomic E-state index is 0.0680. The Morgan fingerprint density at radius 2 is 2.00 bits per heavy atom. The number of fused-ring (bicyclic) bond motifs is 3. The van der Waals surface area contributed by atoms with Crippen LogP contribution < -0.4 is 10.2 Å². The lowest BCUT2D eigenvalue weighted by molar-refractivity contribution is -0.155. The van der Waals surface area contributed by atoms with Gasteiger partial charge in [-0.3, -0.25) is 14.4 Å². The lowest BCUT2D eigenvalue weighted by Crippen LogP contribution is -2.25. The molecule has 0 aliphatic carbocycles. The molecule has 9 nitrogen and oxygen atoms in total. The SMILES string of the molecule is COc1ccc2c(c1)C(c1ccc(/C=C/CNO)c(F)c1)=N[C@@H](CC(=O)OC(C)(C)C)c1nnc(C)n1-2. The molecule has 0 bridgehead atoms. The Morgan fingerprint density at radius 1 is 1.22 bits per heavy atom. The average Bonchev–Trinajstić information content (AvgIpc) is 3.16. The van der Waals surface area contributed by atoms with Crippen LogP contribution in [0, 0.1) is 12.7 Å². The van der Waals surface area contributed by atoms with E-state index in [-0.39, 0.29) is 13.0 Å². The summed E-state index contributed by atoms with van der Waals surface area (Å²) in [4.78, 5) is 17.8. The third-order valence-corrected chi connectivity index (χ3v) is 5.69. The number of esters is 1. The van der Waals surface area contributed by atoms with Gasteiger partial charge in [0.15, 0.2) is 5.82 Å². The van der Waals surface area contributed by atoms with Gasteiger partial charge >= 0.3 is 5.97 Å². The second-order valence-electron chi connectivity index (χ2n) is 9.61. The molecule has 2 heterocycles. The summed E-state index contributed by atoms with van der Waals surface area (Å²) >= 11 is 0. The molecule has 1 aliphatic heterocycles. The summed E-state index contributed by atoms with van der Waals surface area (Å²) in [5.41, 5.74) is 4.13. The maximum absolute atomic E-state index is 15.1. The van der Waals surface area contributed by atoms with Crippen molar-refractivity contribution in [2.75, 3.05) is 13.7 Å². The first-order valence-corrected chi connectivity index (χ1v) is 11.8. The van der Waals surface area contributed by atoms with E-state index in [4.69, 9.17) is 19.7 Å². The number of aromatic nitrogens is 3. The van der Waals surface area contributed by atoms with Crippen LogP contribution in [-0.4, -0.2) is 50.9 Å². The van der Waals surface area contributed by atoms with Gasteiger partial charge in [0.2, 0.25) is 0 Å². The Morgan fingerprint density at radius 3 is 2.68 bits per heavy atom. The number of ether oxygens (including phenoxy) is 2. The summed E-state index contributed by atoms with van der Waals surface area (Å²) in [5, 5.41) is 17.3. The number of aryl methyl sites for hydroxylation is 1. The second-order valence-corrected chi connectivity index (χ2v) is 9.61. The van der Waals surface area contributed by atoms with Gasteiger partial charge in [0.25, 0.3) is 0 Å². The maximum atomic E-state index is 15.1. The fourth-order valence-electron chi connectivity index (χ4n) is 4.16. The molecule has 0 radical (unpaired) electrons. The van der Waals surface area contributed by atoms with E-state index in [1.807, 2.05) is 35.2 Å². The monoisotopic (exact) mass is 507 g/mol. The van der Waals surface area contributed by atoms with E-state index in [2.05, 4.69) is 10.2 Å². The number of hydroxylamine groups is 1. The largest absolute Gasteiger partial charge is 0.497 e. The van der Waals surface area contributed by atoms with Crippen LogP contribution in [0.5, 0.6) is 5.75 Å². The molecule has 0 saturated heterocycles. The standard InChI is InChI=1S/C27H30FN5O4/c1-16-31-32-26-22(15-24(34)37-27(2,3)4)30-25(20-14-19(36-5)10-11-23(20)33(16)26)18-9-8-17(21(28)13-18)7-6-12-29-35/h6-11,13-14,22,29,35H,12,15H2,1-5H3/b7-6+/t22-/m0/s1. The van der Waals surface area contributed by atoms with Crippen LogP contribution in [0.15, 0.2) is 47.5 Å². The van der Waals surface area contributed by atoms with Crippen molar-refractivity contribution in [1.82, 2.24) is 20.2 Å². The van der Waals surface area contributed by atoms with E-state index in [9.17, 15) is 4.79 Å². The number of hydrogen-bond acceptors (Lipinski definition) is 8. The molecule has 194 valence electrons. The van der Waals surface area contributed by atoms with Crippen molar-refractivity contribution >= 4 is 17.8 Å². The first-order chi connectivity index (χ1) is 17.6. The Labute approximate surface area is 214 Å². The van der Waals surface area contributed by atoms with Crippen molar-refractivity contribution in [2.45, 2.75) is 45.8 Å². The Kier molecular flexibility index (Phi) is 7.51. The molecular formula is C27H30FN5O4. The molecule has 2 aromatic carbocycles. The van der Waals surface area contributed by atoms with Crippen LogP contribution in [-0.2, 0) is 9.53 Å². The van der Waals surface area contributed by atoms with Gasteiger partial charge in [-0.05, 0) is 52.0 Å². The molecule has 0 unspecified atom stereocenters. The fraction of sp³-hybridized carbons (Fsp3) is 0.333. The molecule has 1 atom stereocenters. The zero-order chi connectivity index (χ0) is 26.7. The highest BCUT2D eigenvalue weighted by Gasteiger charge is 2.31. The smallest absolute Gasteiger partial charge is 0.308 e. The number of hydrogen-bond donors (Lipinski definition) is 2. The van der Waals surface area contributed by atoms with Gasteiger partial charge in [-0.2, -0.15) is 0 Å². The van der Waals surface area contributed by atoms with Crippen molar-refractivity contribution in [3.05, 3.63) is 76.6 Å². The Bertz CT molecular complexity index is 1370. The molecule has 1 aromatic heterocycles. The predicted octanol–water partition coefficient (Wildman–Crippen LogP) is 4.34. The summed E-state index contributed by atoms with van der Waals surface area (Å²) < 4.78 is 28.0. The van der Waals surface area contributed by atoms with E-state index in [1.54, 1.807) is 52.2 Å². The van der Waals surface area contributed by atoms with Crippen molar-refractivity contribution in [2.24, 2.45) is 4.99 Å². The van der Waals surface area contributed by atoms with Crippen LogP contribution in [0.1, 0.15) is 61.6 Å². The van der Waals surface area contributed by atoms with E-state index < -0.39 is 23.4 Å². The predicted molar refractivity (Wildman–Crippen MR) is 137 cm³/mol. The summed E-state index contributed by atoms with van der Waals surface area (Å²) in [5.74, 6) is 0.821. The lowest BCUT2D eigenvalue weighted by Gasteiger charge is -2.21. The quantitative estimate of drug-likeness (QED) is 0.362. The third kappa shape index (κ3) is 5.76. The van der Waals surface area contributed by atoms with E-state index in [0.29, 0.717) is 39.8 Å². The highest BCUT2D eigenvalue weighted by molar-refractivity contribution is 6.15. The molecule has 37 heavy (non-hydrogen) atoms. The van der Waals surface area contributed by atoms with Crippen molar-refractivity contribution in [1.29, 1.82) is 0 Å². The van der Waals surface area contributed by atoms with Crippen molar-refractivity contribution in [3.63, 3.8) is 0 Å². The first kappa shape index (κ1) is 26.2. The number of halogens is 1. The number of nitrogens with zero attached hydrogens (tertiary/aromatic N) is 4. The fourth-order valence-corrected chi connectivity index (χ4v) is 4.16. The number of carbonyl (C=O) groups is 1. The molecule has 0 saturated carbocycles. The van der Waals surface area contributed by atoms with Gasteiger partial charge in [0, 0.05) is 23.2 Å². The molecule has 4 rings (SSSR count). The van der Waals surface area contributed by atoms with Crippen LogP contribution in [0.3, 0.4) is 0 Å². The molecular weight excluding hydrogens is 477 g/mol. The van der Waals surface area contributed by atoms with Crippen LogP contribution in [0.25, 0.3) is 11.8 Å². The van der Waals surface area contributed by atoms with Gasteiger partial charge in [0.1, 0.15) is 29.0 Å². The third-order valence-electron chi connectivity index (χ3n) is 5.69. The lowest BCUT2D eigenvalue weighted by atomic mass is 9.98. The maximum Gasteiger partial charge on any atom is 0.308 e. The molecule has 10 heteroatoms. The second kappa shape index (κ2) is 10.6. The molecule has 1 aliphatic rings. The van der Waals surface area contributed by atoms with Crippen LogP contribution >= 0.6 is 0 Å². The van der Waals surface area contributed by atoms with Crippen LogP contribution in [0.2, 0.25) is 0 Å². The highest BCUT2D eigenvalue weighted by atomic mass is 19.1. The zero-order valence-corrected chi connectivity index (χ0v) is 21.4.